The van der Waals surface area contributed by atoms with Crippen LogP contribution in [-0.2, 0) is 20.7 Å². The number of nitrogens with zero attached hydrogens (tertiary/aromatic N) is 2. The molecule has 104 valence electrons. The van der Waals surface area contributed by atoms with Crippen molar-refractivity contribution in [2.45, 2.75) is 20.3 Å². The molecule has 0 unspecified atom stereocenters. The first-order valence-corrected chi connectivity index (χ1v) is 5.74. The van der Waals surface area contributed by atoms with E-state index in [2.05, 4.69) is 9.97 Å². The summed E-state index contributed by atoms with van der Waals surface area (Å²) in [5.41, 5.74) is 11.1. The predicted octanol–water partition coefficient (Wildman–Crippen LogP) is -0.0767. The Labute approximate surface area is 110 Å². The molecule has 0 fully saturated rings. The van der Waals surface area contributed by atoms with E-state index in [0.29, 0.717) is 0 Å². The summed E-state index contributed by atoms with van der Waals surface area (Å²) in [6, 6.07) is 0. The standard InChI is InChI=1S/C11H16N4O4/c1-3-18-7(16)5-6-8(10(17)19-4-2)14-11(13)15-9(6)12/h3-5H2,1-2H3,(H4,12,13,14,15). The van der Waals surface area contributed by atoms with E-state index >= 15 is 0 Å². The maximum atomic E-state index is 11.7. The van der Waals surface area contributed by atoms with Gasteiger partial charge in [0.2, 0.25) is 5.95 Å². The topological polar surface area (TPSA) is 130 Å². The van der Waals surface area contributed by atoms with Crippen LogP contribution in [0.15, 0.2) is 0 Å². The quantitative estimate of drug-likeness (QED) is 0.709. The average Bonchev–Trinajstić information content (AvgIpc) is 2.33. The van der Waals surface area contributed by atoms with Crippen LogP contribution in [0.4, 0.5) is 11.8 Å². The van der Waals surface area contributed by atoms with Gasteiger partial charge in [-0.05, 0) is 13.8 Å². The second kappa shape index (κ2) is 6.53. The SMILES string of the molecule is CCOC(=O)Cc1c(N)nc(N)nc1C(=O)OCC. The normalized spacial score (nSPS) is 10.0. The molecule has 0 amide bonds. The fraction of sp³-hybridized carbons (Fsp3) is 0.455. The molecule has 0 aliphatic rings. The summed E-state index contributed by atoms with van der Waals surface area (Å²) in [5.74, 6) is -1.44. The van der Waals surface area contributed by atoms with Crippen molar-refractivity contribution in [2.24, 2.45) is 0 Å². The summed E-state index contributed by atoms with van der Waals surface area (Å²) in [6.07, 6.45) is -0.214. The number of carbonyl (C=O) groups is 2. The van der Waals surface area contributed by atoms with Gasteiger partial charge in [0.25, 0.3) is 0 Å². The van der Waals surface area contributed by atoms with Crippen LogP contribution in [0.5, 0.6) is 0 Å². The van der Waals surface area contributed by atoms with Crippen molar-refractivity contribution < 1.29 is 19.1 Å². The number of rotatable bonds is 5. The van der Waals surface area contributed by atoms with Gasteiger partial charge in [0.15, 0.2) is 5.69 Å². The Balaban J connectivity index is 3.13. The first-order valence-electron chi connectivity index (χ1n) is 5.74. The number of hydrogen-bond donors (Lipinski definition) is 2. The molecule has 0 aliphatic carbocycles. The highest BCUT2D eigenvalue weighted by Gasteiger charge is 2.21. The van der Waals surface area contributed by atoms with Gasteiger partial charge in [-0.2, -0.15) is 4.98 Å². The third-order valence-electron chi connectivity index (χ3n) is 2.15. The zero-order valence-electron chi connectivity index (χ0n) is 10.8. The molecule has 8 heteroatoms. The van der Waals surface area contributed by atoms with E-state index in [1.165, 1.54) is 0 Å². The molecular weight excluding hydrogens is 252 g/mol. The van der Waals surface area contributed by atoms with Gasteiger partial charge >= 0.3 is 11.9 Å². The molecule has 0 bridgehead atoms. The van der Waals surface area contributed by atoms with Crippen LogP contribution in [0.25, 0.3) is 0 Å². The number of esters is 2. The van der Waals surface area contributed by atoms with Crippen LogP contribution in [0, 0.1) is 0 Å². The van der Waals surface area contributed by atoms with E-state index in [1.807, 2.05) is 0 Å². The Morgan fingerprint density at radius 2 is 1.74 bits per heavy atom. The molecule has 8 nitrogen and oxygen atoms in total. The van der Waals surface area contributed by atoms with Gasteiger partial charge in [-0.25, -0.2) is 9.78 Å². The lowest BCUT2D eigenvalue weighted by Crippen LogP contribution is -2.19. The molecule has 0 saturated carbocycles. The summed E-state index contributed by atoms with van der Waals surface area (Å²) >= 11 is 0. The molecule has 1 aromatic heterocycles. The van der Waals surface area contributed by atoms with E-state index in [-0.39, 0.29) is 42.7 Å². The maximum absolute atomic E-state index is 11.7. The van der Waals surface area contributed by atoms with E-state index in [9.17, 15) is 9.59 Å². The van der Waals surface area contributed by atoms with E-state index < -0.39 is 11.9 Å². The Morgan fingerprint density at radius 1 is 1.11 bits per heavy atom. The molecule has 0 radical (unpaired) electrons. The van der Waals surface area contributed by atoms with Crippen molar-refractivity contribution in [3.8, 4) is 0 Å². The lowest BCUT2D eigenvalue weighted by molar-refractivity contribution is -0.142. The second-order valence-electron chi connectivity index (χ2n) is 3.50. The summed E-state index contributed by atoms with van der Waals surface area (Å²) in [4.78, 5) is 30.7. The number of aromatic nitrogens is 2. The first-order chi connectivity index (χ1) is 8.99. The Kier molecular flexibility index (Phi) is 5.04. The molecule has 0 saturated heterocycles. The average molecular weight is 268 g/mol. The molecule has 1 aromatic rings. The minimum Gasteiger partial charge on any atom is -0.466 e. The third-order valence-corrected chi connectivity index (χ3v) is 2.15. The number of hydrogen-bond acceptors (Lipinski definition) is 8. The fourth-order valence-electron chi connectivity index (χ4n) is 1.42. The van der Waals surface area contributed by atoms with Gasteiger partial charge in [-0.1, -0.05) is 0 Å². The number of carbonyl (C=O) groups excluding carboxylic acids is 2. The van der Waals surface area contributed by atoms with Crippen molar-refractivity contribution in [3.05, 3.63) is 11.3 Å². The monoisotopic (exact) mass is 268 g/mol. The molecule has 4 N–H and O–H groups in total. The van der Waals surface area contributed by atoms with Crippen molar-refractivity contribution in [1.29, 1.82) is 0 Å². The zero-order chi connectivity index (χ0) is 14.4. The highest BCUT2D eigenvalue weighted by molar-refractivity contribution is 5.92. The minimum atomic E-state index is -0.706. The molecule has 19 heavy (non-hydrogen) atoms. The largest absolute Gasteiger partial charge is 0.466 e. The smallest absolute Gasteiger partial charge is 0.357 e. The van der Waals surface area contributed by atoms with E-state index in [4.69, 9.17) is 20.9 Å². The van der Waals surface area contributed by atoms with E-state index in [1.54, 1.807) is 13.8 Å². The predicted molar refractivity (Wildman–Crippen MR) is 67.2 cm³/mol. The van der Waals surface area contributed by atoms with Crippen molar-refractivity contribution in [3.63, 3.8) is 0 Å². The van der Waals surface area contributed by atoms with E-state index in [0.717, 1.165) is 0 Å². The second-order valence-corrected chi connectivity index (χ2v) is 3.50. The lowest BCUT2D eigenvalue weighted by atomic mass is 10.1. The highest BCUT2D eigenvalue weighted by atomic mass is 16.5. The molecule has 0 spiro atoms. The van der Waals surface area contributed by atoms with Crippen LogP contribution >= 0.6 is 0 Å². The van der Waals surface area contributed by atoms with Gasteiger partial charge < -0.3 is 20.9 Å². The van der Waals surface area contributed by atoms with Gasteiger partial charge in [0.1, 0.15) is 5.82 Å². The van der Waals surface area contributed by atoms with Crippen molar-refractivity contribution in [2.75, 3.05) is 24.7 Å². The summed E-state index contributed by atoms with van der Waals surface area (Å²) in [7, 11) is 0. The van der Waals surface area contributed by atoms with Gasteiger partial charge in [-0.15, -0.1) is 0 Å². The van der Waals surface area contributed by atoms with Crippen LogP contribution in [0.2, 0.25) is 0 Å². The molecule has 1 heterocycles. The van der Waals surface area contributed by atoms with Crippen molar-refractivity contribution in [1.82, 2.24) is 9.97 Å². The first kappa shape index (κ1) is 14.7. The van der Waals surface area contributed by atoms with Crippen LogP contribution in [0.3, 0.4) is 0 Å². The van der Waals surface area contributed by atoms with Gasteiger partial charge in [0, 0.05) is 5.56 Å². The van der Waals surface area contributed by atoms with Crippen molar-refractivity contribution >= 4 is 23.7 Å². The Bertz CT molecular complexity index is 490. The van der Waals surface area contributed by atoms with Crippen LogP contribution < -0.4 is 11.5 Å². The molecule has 0 aliphatic heterocycles. The van der Waals surface area contributed by atoms with Crippen LogP contribution in [0.1, 0.15) is 29.9 Å². The molecular formula is C11H16N4O4. The Hall–Kier alpha value is -2.38. The Morgan fingerprint density at radius 3 is 2.32 bits per heavy atom. The minimum absolute atomic E-state index is 0.0383. The molecule has 0 aromatic carbocycles. The highest BCUT2D eigenvalue weighted by Crippen LogP contribution is 2.17. The number of nitrogen functional groups attached to an aromatic ring is 2. The fourth-order valence-corrected chi connectivity index (χ4v) is 1.42. The zero-order valence-corrected chi connectivity index (χ0v) is 10.8. The molecule has 1 rings (SSSR count). The summed E-state index contributed by atoms with van der Waals surface area (Å²) in [5, 5.41) is 0. The summed E-state index contributed by atoms with van der Waals surface area (Å²) < 4.78 is 9.62. The number of anilines is 2. The third kappa shape index (κ3) is 3.80. The summed E-state index contributed by atoms with van der Waals surface area (Å²) in [6.45, 7) is 3.72. The lowest BCUT2D eigenvalue weighted by Gasteiger charge is -2.10. The number of ether oxygens (including phenoxy) is 2. The number of nitrogens with two attached hydrogens (primary N) is 2. The van der Waals surface area contributed by atoms with Gasteiger partial charge in [0.05, 0.1) is 19.6 Å². The van der Waals surface area contributed by atoms with Crippen LogP contribution in [-0.4, -0.2) is 35.1 Å². The molecule has 0 atom stereocenters. The maximum Gasteiger partial charge on any atom is 0.357 e. The van der Waals surface area contributed by atoms with Gasteiger partial charge in [-0.3, -0.25) is 4.79 Å².